The van der Waals surface area contributed by atoms with Crippen LogP contribution in [0.5, 0.6) is 5.88 Å². The van der Waals surface area contributed by atoms with Crippen LogP contribution in [0.4, 0.5) is 5.69 Å². The van der Waals surface area contributed by atoms with E-state index in [1.54, 1.807) is 6.21 Å². The van der Waals surface area contributed by atoms with Gasteiger partial charge in [-0.05, 0) is 52.4 Å². The van der Waals surface area contributed by atoms with Crippen molar-refractivity contribution in [1.82, 2.24) is 4.57 Å². The third kappa shape index (κ3) is 3.19. The van der Waals surface area contributed by atoms with Crippen LogP contribution in [0.3, 0.4) is 0 Å². The van der Waals surface area contributed by atoms with Gasteiger partial charge >= 0.3 is 4.87 Å². The highest BCUT2D eigenvalue weighted by Gasteiger charge is 2.16. The quantitative estimate of drug-likeness (QED) is 0.585. The average Bonchev–Trinajstić information content (AvgIpc) is 3.14. The van der Waals surface area contributed by atoms with Crippen molar-refractivity contribution in [2.45, 2.75) is 6.54 Å². The Labute approximate surface area is 161 Å². The summed E-state index contributed by atoms with van der Waals surface area (Å²) in [6.07, 6.45) is 3.58. The molecular weight excluding hydrogens is 447 g/mol. The lowest BCUT2D eigenvalue weighted by Crippen LogP contribution is -2.13. The Morgan fingerprint density at radius 3 is 2.72 bits per heavy atom. The van der Waals surface area contributed by atoms with E-state index in [1.165, 1.54) is 4.57 Å². The zero-order chi connectivity index (χ0) is 17.4. The number of benzene rings is 2. The Morgan fingerprint density at radius 2 is 1.92 bits per heavy atom. The molecule has 0 saturated carbocycles. The van der Waals surface area contributed by atoms with E-state index in [9.17, 15) is 9.90 Å². The molecule has 3 aromatic rings. The lowest BCUT2D eigenvalue weighted by molar-refractivity contribution is 0.420. The number of aromatic nitrogens is 1. The van der Waals surface area contributed by atoms with Crippen LogP contribution in [0.15, 0.2) is 58.3 Å². The molecule has 124 valence electrons. The molecular formula is C19H13IN2O2S. The van der Waals surface area contributed by atoms with Gasteiger partial charge in [0, 0.05) is 20.9 Å². The molecule has 0 amide bonds. The normalized spacial score (nSPS) is 14.2. The highest BCUT2D eigenvalue weighted by atomic mass is 127. The van der Waals surface area contributed by atoms with E-state index in [1.807, 2.05) is 54.6 Å². The molecule has 0 aliphatic carbocycles. The number of hydrogen-bond acceptors (Lipinski definition) is 4. The van der Waals surface area contributed by atoms with Crippen molar-refractivity contribution in [2.24, 2.45) is 4.99 Å². The number of thiazole rings is 1. The van der Waals surface area contributed by atoms with Crippen molar-refractivity contribution < 1.29 is 5.11 Å². The lowest BCUT2D eigenvalue weighted by Gasteiger charge is -2.04. The van der Waals surface area contributed by atoms with Crippen LogP contribution in [-0.2, 0) is 6.54 Å². The summed E-state index contributed by atoms with van der Waals surface area (Å²) in [6.45, 7) is 0.353. The van der Waals surface area contributed by atoms with Crippen molar-refractivity contribution in [3.05, 3.63) is 77.8 Å². The lowest BCUT2D eigenvalue weighted by atomic mass is 10.1. The van der Waals surface area contributed by atoms with E-state index in [0.717, 1.165) is 37.3 Å². The molecule has 4 rings (SSSR count). The molecule has 6 heteroatoms. The van der Waals surface area contributed by atoms with Crippen molar-refractivity contribution >= 4 is 57.5 Å². The zero-order valence-electron chi connectivity index (χ0n) is 13.0. The van der Waals surface area contributed by atoms with E-state index >= 15 is 0 Å². The van der Waals surface area contributed by atoms with Crippen molar-refractivity contribution in [2.75, 3.05) is 0 Å². The minimum Gasteiger partial charge on any atom is -0.493 e. The second kappa shape index (κ2) is 6.61. The van der Waals surface area contributed by atoms with E-state index in [-0.39, 0.29) is 10.8 Å². The van der Waals surface area contributed by atoms with Crippen LogP contribution in [0.25, 0.3) is 11.6 Å². The first-order valence-electron chi connectivity index (χ1n) is 7.64. The number of allylic oxidation sites excluding steroid dienone is 1. The number of hydrogen-bond donors (Lipinski definition) is 1. The maximum absolute atomic E-state index is 12.3. The molecule has 1 aliphatic heterocycles. The van der Waals surface area contributed by atoms with Gasteiger partial charge in [0.05, 0.1) is 17.1 Å². The second-order valence-electron chi connectivity index (χ2n) is 5.64. The van der Waals surface area contributed by atoms with Crippen LogP contribution >= 0.6 is 33.9 Å². The minimum absolute atomic E-state index is 0.00108. The molecule has 0 saturated heterocycles. The minimum atomic E-state index is -0.175. The number of halogens is 1. The number of nitrogens with zero attached hydrogens (tertiary/aromatic N) is 2. The Hall–Kier alpha value is -2.19. The van der Waals surface area contributed by atoms with Gasteiger partial charge < -0.3 is 5.11 Å². The third-order valence-electron chi connectivity index (χ3n) is 3.99. The molecule has 0 fully saturated rings. The number of rotatable bonds is 3. The molecule has 4 nitrogen and oxygen atoms in total. The third-order valence-corrected chi connectivity index (χ3v) is 5.63. The van der Waals surface area contributed by atoms with E-state index in [2.05, 4.69) is 27.6 Å². The fourth-order valence-electron chi connectivity index (χ4n) is 2.72. The first-order valence-corrected chi connectivity index (χ1v) is 9.53. The SMILES string of the molecule is O=c1sc(/C=C2/C=Nc3ccccc32)c(O)n1Cc1ccc(I)cc1. The number of para-hydroxylation sites is 1. The Morgan fingerprint density at radius 1 is 1.16 bits per heavy atom. The summed E-state index contributed by atoms with van der Waals surface area (Å²) in [6, 6.07) is 15.7. The van der Waals surface area contributed by atoms with Gasteiger partial charge in [-0.3, -0.25) is 14.4 Å². The maximum atomic E-state index is 12.3. The summed E-state index contributed by atoms with van der Waals surface area (Å²) in [7, 11) is 0. The highest BCUT2D eigenvalue weighted by Crippen LogP contribution is 2.34. The fourth-order valence-corrected chi connectivity index (χ4v) is 3.91. The Kier molecular flexibility index (Phi) is 4.30. The Balaban J connectivity index is 1.69. The molecule has 2 aromatic carbocycles. The van der Waals surface area contributed by atoms with E-state index < -0.39 is 0 Å². The molecule has 2 heterocycles. The van der Waals surface area contributed by atoms with Crippen LogP contribution < -0.4 is 4.87 Å². The second-order valence-corrected chi connectivity index (χ2v) is 7.88. The van der Waals surface area contributed by atoms with Crippen molar-refractivity contribution in [3.63, 3.8) is 0 Å². The topological polar surface area (TPSA) is 54.6 Å². The van der Waals surface area contributed by atoms with Crippen LogP contribution in [0.2, 0.25) is 0 Å². The summed E-state index contributed by atoms with van der Waals surface area (Å²) in [5, 5.41) is 10.5. The summed E-state index contributed by atoms with van der Waals surface area (Å²) in [5.74, 6) is -0.00108. The molecule has 1 aliphatic rings. The summed E-state index contributed by atoms with van der Waals surface area (Å²) in [5.41, 5.74) is 3.78. The predicted octanol–water partition coefficient (Wildman–Crippen LogP) is 4.52. The number of fused-ring (bicyclic) bond motifs is 1. The first kappa shape index (κ1) is 16.3. The first-order chi connectivity index (χ1) is 12.1. The van der Waals surface area contributed by atoms with Gasteiger partial charge in [-0.15, -0.1) is 0 Å². The number of aromatic hydroxyl groups is 1. The predicted molar refractivity (Wildman–Crippen MR) is 111 cm³/mol. The van der Waals surface area contributed by atoms with Gasteiger partial charge in [0.15, 0.2) is 0 Å². The molecule has 0 unspecified atom stereocenters. The largest absolute Gasteiger partial charge is 0.493 e. The van der Waals surface area contributed by atoms with Crippen LogP contribution in [0.1, 0.15) is 16.0 Å². The smallest absolute Gasteiger partial charge is 0.310 e. The molecule has 0 radical (unpaired) electrons. The van der Waals surface area contributed by atoms with Gasteiger partial charge in [-0.2, -0.15) is 0 Å². The van der Waals surface area contributed by atoms with Gasteiger partial charge in [-0.1, -0.05) is 41.7 Å². The Bertz CT molecular complexity index is 1060. The van der Waals surface area contributed by atoms with Crippen molar-refractivity contribution in [3.8, 4) is 5.88 Å². The average molecular weight is 460 g/mol. The number of aliphatic imine (C=N–C) groups is 1. The molecule has 0 atom stereocenters. The molecule has 0 spiro atoms. The standard InChI is InChI=1S/C19H13IN2O2S/c20-14-7-5-12(6-8-14)11-22-18(23)17(25-19(22)24)9-13-10-21-16-4-2-1-3-15(13)16/h1-10,23H,11H2/b13-9-. The van der Waals surface area contributed by atoms with Crippen LogP contribution in [0, 0.1) is 3.57 Å². The van der Waals surface area contributed by atoms with Gasteiger partial charge in [0.1, 0.15) is 0 Å². The van der Waals surface area contributed by atoms with E-state index in [4.69, 9.17) is 0 Å². The summed E-state index contributed by atoms with van der Waals surface area (Å²) in [4.78, 5) is 17.0. The fraction of sp³-hybridized carbons (Fsp3) is 0.0526. The molecule has 25 heavy (non-hydrogen) atoms. The van der Waals surface area contributed by atoms with Gasteiger partial charge in [0.25, 0.3) is 0 Å². The zero-order valence-corrected chi connectivity index (χ0v) is 16.0. The molecule has 1 aromatic heterocycles. The maximum Gasteiger partial charge on any atom is 0.310 e. The highest BCUT2D eigenvalue weighted by molar-refractivity contribution is 14.1. The summed E-state index contributed by atoms with van der Waals surface area (Å²) >= 11 is 3.28. The van der Waals surface area contributed by atoms with Crippen molar-refractivity contribution in [1.29, 1.82) is 0 Å². The molecule has 1 N–H and O–H groups in total. The molecule has 0 bridgehead atoms. The van der Waals surface area contributed by atoms with Crippen LogP contribution in [-0.4, -0.2) is 15.9 Å². The summed E-state index contributed by atoms with van der Waals surface area (Å²) < 4.78 is 2.53. The van der Waals surface area contributed by atoms with E-state index in [0.29, 0.717) is 11.4 Å². The van der Waals surface area contributed by atoms with Gasteiger partial charge in [-0.25, -0.2) is 0 Å². The van der Waals surface area contributed by atoms with Gasteiger partial charge in [0.2, 0.25) is 5.88 Å². The monoisotopic (exact) mass is 460 g/mol.